The van der Waals surface area contributed by atoms with E-state index >= 15 is 0 Å². The molecule has 0 unspecified atom stereocenters. The fourth-order valence-corrected chi connectivity index (χ4v) is 2.24. The van der Waals surface area contributed by atoms with E-state index in [0.717, 1.165) is 31.5 Å². The molecule has 86 valence electrons. The highest BCUT2D eigenvalue weighted by Crippen LogP contribution is 2.38. The summed E-state index contributed by atoms with van der Waals surface area (Å²) in [6.07, 6.45) is 7.17. The van der Waals surface area contributed by atoms with Crippen molar-refractivity contribution in [2.75, 3.05) is 0 Å². The molecule has 16 heavy (non-hydrogen) atoms. The second-order valence-corrected chi connectivity index (χ2v) is 4.77. The van der Waals surface area contributed by atoms with Crippen LogP contribution >= 0.6 is 0 Å². The number of nitrogens with zero attached hydrogens (tertiary/aromatic N) is 1. The first kappa shape index (κ1) is 9.87. The van der Waals surface area contributed by atoms with Crippen molar-refractivity contribution in [3.05, 3.63) is 22.2 Å². The number of hydrogen-bond donors (Lipinski definition) is 1. The molecule has 0 bridgehead atoms. The van der Waals surface area contributed by atoms with Crippen molar-refractivity contribution < 1.29 is 4.74 Å². The van der Waals surface area contributed by atoms with Crippen LogP contribution in [0.5, 0.6) is 5.88 Å². The van der Waals surface area contributed by atoms with E-state index in [1.54, 1.807) is 0 Å². The van der Waals surface area contributed by atoms with Gasteiger partial charge in [-0.15, -0.1) is 0 Å². The summed E-state index contributed by atoms with van der Waals surface area (Å²) in [6.45, 7) is 0. The van der Waals surface area contributed by atoms with Gasteiger partial charge >= 0.3 is 0 Å². The summed E-state index contributed by atoms with van der Waals surface area (Å²) in [5.74, 6) is 1.78. The SMILES string of the molecule is O=c1cc(OC2CCCC2)nc(C2CC2)[nH]1. The Morgan fingerprint density at radius 1 is 1.25 bits per heavy atom. The van der Waals surface area contributed by atoms with E-state index in [-0.39, 0.29) is 11.7 Å². The zero-order chi connectivity index (χ0) is 11.0. The van der Waals surface area contributed by atoms with Gasteiger partial charge in [0.1, 0.15) is 11.9 Å². The van der Waals surface area contributed by atoms with Crippen LogP contribution in [0.4, 0.5) is 0 Å². The van der Waals surface area contributed by atoms with E-state index in [0.29, 0.717) is 11.8 Å². The third-order valence-electron chi connectivity index (χ3n) is 3.29. The summed E-state index contributed by atoms with van der Waals surface area (Å²) < 4.78 is 5.74. The molecule has 2 saturated carbocycles. The molecule has 1 N–H and O–H groups in total. The van der Waals surface area contributed by atoms with E-state index < -0.39 is 0 Å². The molecule has 0 aliphatic heterocycles. The Kier molecular flexibility index (Phi) is 2.42. The van der Waals surface area contributed by atoms with Crippen LogP contribution in [0.3, 0.4) is 0 Å². The van der Waals surface area contributed by atoms with Crippen molar-refractivity contribution in [1.29, 1.82) is 0 Å². The number of aromatic nitrogens is 2. The molecule has 2 fully saturated rings. The van der Waals surface area contributed by atoms with Gasteiger partial charge in [0.2, 0.25) is 5.88 Å². The average Bonchev–Trinajstić information content (AvgIpc) is 2.98. The molecule has 1 heterocycles. The molecule has 0 aromatic carbocycles. The van der Waals surface area contributed by atoms with Crippen LogP contribution in [-0.2, 0) is 0 Å². The fourth-order valence-electron chi connectivity index (χ4n) is 2.24. The quantitative estimate of drug-likeness (QED) is 0.847. The Hall–Kier alpha value is -1.32. The maximum Gasteiger partial charge on any atom is 0.254 e. The summed E-state index contributed by atoms with van der Waals surface area (Å²) in [4.78, 5) is 18.6. The zero-order valence-electron chi connectivity index (χ0n) is 9.24. The molecule has 0 amide bonds. The zero-order valence-corrected chi connectivity index (χ0v) is 9.24. The maximum atomic E-state index is 11.4. The Labute approximate surface area is 94.1 Å². The first-order valence-electron chi connectivity index (χ1n) is 6.09. The number of ether oxygens (including phenoxy) is 1. The van der Waals surface area contributed by atoms with Gasteiger partial charge in [0.05, 0.1) is 6.07 Å². The van der Waals surface area contributed by atoms with Crippen molar-refractivity contribution in [3.63, 3.8) is 0 Å². The molecule has 0 atom stereocenters. The van der Waals surface area contributed by atoms with Gasteiger partial charge in [-0.25, -0.2) is 0 Å². The Bertz CT molecular complexity index is 431. The van der Waals surface area contributed by atoms with E-state index in [4.69, 9.17) is 4.74 Å². The van der Waals surface area contributed by atoms with Crippen LogP contribution in [-0.4, -0.2) is 16.1 Å². The highest BCUT2D eigenvalue weighted by Gasteiger charge is 2.27. The van der Waals surface area contributed by atoms with E-state index in [2.05, 4.69) is 9.97 Å². The molecule has 4 nitrogen and oxygen atoms in total. The minimum atomic E-state index is -0.0927. The largest absolute Gasteiger partial charge is 0.474 e. The molecule has 1 aromatic rings. The number of H-pyrrole nitrogens is 1. The van der Waals surface area contributed by atoms with Crippen LogP contribution in [0.2, 0.25) is 0 Å². The molecule has 2 aliphatic carbocycles. The second kappa shape index (κ2) is 3.92. The Morgan fingerprint density at radius 2 is 2.00 bits per heavy atom. The molecule has 3 rings (SSSR count). The van der Waals surface area contributed by atoms with Gasteiger partial charge in [0, 0.05) is 5.92 Å². The van der Waals surface area contributed by atoms with Gasteiger partial charge in [-0.2, -0.15) is 4.98 Å². The minimum absolute atomic E-state index is 0.0927. The van der Waals surface area contributed by atoms with E-state index in [9.17, 15) is 4.79 Å². The van der Waals surface area contributed by atoms with Gasteiger partial charge in [-0.1, -0.05) is 0 Å². The van der Waals surface area contributed by atoms with Crippen LogP contribution in [0, 0.1) is 0 Å². The van der Waals surface area contributed by atoms with Gasteiger partial charge in [-0.05, 0) is 38.5 Å². The van der Waals surface area contributed by atoms with Gasteiger partial charge in [0.15, 0.2) is 0 Å². The molecule has 0 radical (unpaired) electrons. The fraction of sp³-hybridized carbons (Fsp3) is 0.667. The van der Waals surface area contributed by atoms with Crippen molar-refractivity contribution in [2.45, 2.75) is 50.5 Å². The summed E-state index contributed by atoms with van der Waals surface area (Å²) >= 11 is 0. The lowest BCUT2D eigenvalue weighted by atomic mass is 10.3. The number of aromatic amines is 1. The predicted molar refractivity (Wildman–Crippen MR) is 59.7 cm³/mol. The topological polar surface area (TPSA) is 55.0 Å². The molecule has 4 heteroatoms. The average molecular weight is 220 g/mol. The van der Waals surface area contributed by atoms with Crippen molar-refractivity contribution in [1.82, 2.24) is 9.97 Å². The number of nitrogens with one attached hydrogen (secondary N) is 1. The van der Waals surface area contributed by atoms with Crippen LogP contribution in [0.1, 0.15) is 50.3 Å². The maximum absolute atomic E-state index is 11.4. The van der Waals surface area contributed by atoms with Crippen LogP contribution in [0.25, 0.3) is 0 Å². The highest BCUT2D eigenvalue weighted by molar-refractivity contribution is 5.14. The molecule has 1 aromatic heterocycles. The lowest BCUT2D eigenvalue weighted by molar-refractivity contribution is 0.200. The lowest BCUT2D eigenvalue weighted by Gasteiger charge is -2.12. The Balaban J connectivity index is 1.79. The summed E-state index contributed by atoms with van der Waals surface area (Å²) in [7, 11) is 0. The second-order valence-electron chi connectivity index (χ2n) is 4.77. The first-order valence-corrected chi connectivity index (χ1v) is 6.09. The monoisotopic (exact) mass is 220 g/mol. The number of rotatable bonds is 3. The van der Waals surface area contributed by atoms with Gasteiger partial charge in [-0.3, -0.25) is 4.79 Å². The highest BCUT2D eigenvalue weighted by atomic mass is 16.5. The molecular formula is C12H16N2O2. The summed E-state index contributed by atoms with van der Waals surface area (Å²) in [6, 6.07) is 1.46. The van der Waals surface area contributed by atoms with E-state index in [1.165, 1.54) is 18.9 Å². The third-order valence-corrected chi connectivity index (χ3v) is 3.29. The summed E-state index contributed by atoms with van der Waals surface area (Å²) in [5.41, 5.74) is -0.0927. The molecule has 0 spiro atoms. The standard InChI is InChI=1S/C12H16N2O2/c15-10-7-11(16-9-3-1-2-4-9)14-12(13-10)8-5-6-8/h7-9H,1-6H2,(H,13,14,15). The van der Waals surface area contributed by atoms with Gasteiger partial charge < -0.3 is 9.72 Å². The first-order chi connectivity index (χ1) is 7.81. The van der Waals surface area contributed by atoms with Gasteiger partial charge in [0.25, 0.3) is 5.56 Å². The predicted octanol–water partition coefficient (Wildman–Crippen LogP) is 1.97. The van der Waals surface area contributed by atoms with E-state index in [1.807, 2.05) is 0 Å². The van der Waals surface area contributed by atoms with Crippen molar-refractivity contribution in [3.8, 4) is 5.88 Å². The number of hydrogen-bond acceptors (Lipinski definition) is 3. The molecule has 2 aliphatic rings. The third kappa shape index (κ3) is 2.10. The normalized spacial score (nSPS) is 21.2. The summed E-state index contributed by atoms with van der Waals surface area (Å²) in [5, 5.41) is 0. The smallest absolute Gasteiger partial charge is 0.254 e. The molecule has 0 saturated heterocycles. The minimum Gasteiger partial charge on any atom is -0.474 e. The van der Waals surface area contributed by atoms with Crippen molar-refractivity contribution >= 4 is 0 Å². The Morgan fingerprint density at radius 3 is 2.69 bits per heavy atom. The lowest BCUT2D eigenvalue weighted by Crippen LogP contribution is -2.16. The van der Waals surface area contributed by atoms with Crippen molar-refractivity contribution in [2.24, 2.45) is 0 Å². The van der Waals surface area contributed by atoms with Crippen LogP contribution < -0.4 is 10.3 Å². The van der Waals surface area contributed by atoms with Crippen LogP contribution in [0.15, 0.2) is 10.9 Å². The molecular weight excluding hydrogens is 204 g/mol.